The van der Waals surface area contributed by atoms with Crippen LogP contribution in [-0.4, -0.2) is 23.0 Å². The summed E-state index contributed by atoms with van der Waals surface area (Å²) in [5.41, 5.74) is 0.482. The summed E-state index contributed by atoms with van der Waals surface area (Å²) >= 11 is 0. The van der Waals surface area contributed by atoms with Crippen LogP contribution in [0.1, 0.15) is 0 Å². The molecule has 0 radical (unpaired) electrons. The number of benzene rings is 2. The van der Waals surface area contributed by atoms with Crippen LogP contribution in [0.5, 0.6) is 5.75 Å². The van der Waals surface area contributed by atoms with Crippen molar-refractivity contribution >= 4 is 22.4 Å². The fraction of sp³-hybridized carbons (Fsp3) is 0.133. The Morgan fingerprint density at radius 2 is 1.86 bits per heavy atom. The molecule has 110 valence electrons. The molecule has 4 nitrogen and oxygen atoms in total. The van der Waals surface area contributed by atoms with Gasteiger partial charge in [0.2, 0.25) is 5.91 Å². The van der Waals surface area contributed by atoms with Gasteiger partial charge < -0.3 is 10.1 Å². The Morgan fingerprint density at radius 1 is 1.19 bits per heavy atom. The predicted molar refractivity (Wildman–Crippen MR) is 79.3 cm³/mol. The zero-order valence-corrected chi connectivity index (χ0v) is 12.2. The number of nitrogens with one attached hydrogen (secondary N) is 1. The van der Waals surface area contributed by atoms with E-state index in [4.69, 9.17) is 4.74 Å². The molecule has 0 bridgehead atoms. The molecule has 2 aromatic carbocycles. The van der Waals surface area contributed by atoms with Crippen LogP contribution < -0.4 is 10.1 Å². The third-order valence-corrected chi connectivity index (χ3v) is 4.07. The van der Waals surface area contributed by atoms with Crippen LogP contribution in [-0.2, 0) is 15.6 Å². The second kappa shape index (κ2) is 6.99. The number of carbonyl (C=O) groups excluding carboxylic acids is 1. The van der Waals surface area contributed by atoms with E-state index in [0.29, 0.717) is 11.4 Å². The van der Waals surface area contributed by atoms with Gasteiger partial charge in [0.05, 0.1) is 28.5 Å². The molecule has 2 aromatic rings. The molecule has 21 heavy (non-hydrogen) atoms. The van der Waals surface area contributed by atoms with E-state index in [1.165, 1.54) is 25.3 Å². The van der Waals surface area contributed by atoms with E-state index < -0.39 is 22.5 Å². The van der Waals surface area contributed by atoms with Crippen molar-refractivity contribution in [1.82, 2.24) is 0 Å². The number of anilines is 1. The number of ether oxygens (including phenoxy) is 1. The van der Waals surface area contributed by atoms with Gasteiger partial charge in [-0.3, -0.25) is 9.00 Å². The summed E-state index contributed by atoms with van der Waals surface area (Å²) in [5, 5.41) is 2.60. The smallest absolute Gasteiger partial charge is 0.237 e. The quantitative estimate of drug-likeness (QED) is 0.923. The molecule has 0 aromatic heterocycles. The average Bonchev–Trinajstić information content (AvgIpc) is 2.48. The van der Waals surface area contributed by atoms with Gasteiger partial charge in [0, 0.05) is 0 Å². The number of amides is 1. The minimum absolute atomic E-state index is 0.0210. The highest BCUT2D eigenvalue weighted by atomic mass is 32.2. The van der Waals surface area contributed by atoms with Gasteiger partial charge in [-0.1, -0.05) is 24.3 Å². The number of methoxy groups -OCH3 is 1. The second-order valence-corrected chi connectivity index (χ2v) is 5.59. The highest BCUT2D eigenvalue weighted by molar-refractivity contribution is 7.85. The highest BCUT2D eigenvalue weighted by Gasteiger charge is 2.15. The SMILES string of the molecule is COc1ccccc1NC(=O)CS(=O)c1ccccc1F. The van der Waals surface area contributed by atoms with Crippen molar-refractivity contribution < 1.29 is 18.1 Å². The molecule has 0 aliphatic rings. The number of para-hydroxylation sites is 2. The third-order valence-electron chi connectivity index (χ3n) is 2.73. The Labute approximate surface area is 124 Å². The molecule has 1 amide bonds. The summed E-state index contributed by atoms with van der Waals surface area (Å²) in [7, 11) is -0.247. The molecular formula is C15H14FNO3S. The second-order valence-electron chi connectivity index (χ2n) is 4.17. The summed E-state index contributed by atoms with van der Waals surface area (Å²) in [4.78, 5) is 11.9. The Balaban J connectivity index is 2.05. The molecule has 1 unspecified atom stereocenters. The minimum atomic E-state index is -1.74. The Hall–Kier alpha value is -2.21. The van der Waals surface area contributed by atoms with Crippen molar-refractivity contribution in [3.8, 4) is 5.75 Å². The summed E-state index contributed by atoms with van der Waals surface area (Å²) in [5.74, 6) is -0.872. The van der Waals surface area contributed by atoms with E-state index in [9.17, 15) is 13.4 Å². The maximum atomic E-state index is 13.5. The molecule has 6 heteroatoms. The van der Waals surface area contributed by atoms with Gasteiger partial charge in [-0.2, -0.15) is 0 Å². The maximum absolute atomic E-state index is 13.5. The van der Waals surface area contributed by atoms with Gasteiger partial charge in [0.15, 0.2) is 0 Å². The Bertz CT molecular complexity index is 675. The zero-order chi connectivity index (χ0) is 15.2. The molecule has 0 fully saturated rings. The van der Waals surface area contributed by atoms with Gasteiger partial charge in [0.1, 0.15) is 17.3 Å². The van der Waals surface area contributed by atoms with Crippen molar-refractivity contribution in [2.45, 2.75) is 4.90 Å². The summed E-state index contributed by atoms with van der Waals surface area (Å²) < 4.78 is 30.6. The molecule has 0 saturated heterocycles. The number of hydrogen-bond donors (Lipinski definition) is 1. The lowest BCUT2D eigenvalue weighted by Gasteiger charge is -2.09. The Morgan fingerprint density at radius 3 is 2.57 bits per heavy atom. The van der Waals surface area contributed by atoms with Crippen LogP contribution in [0.15, 0.2) is 53.4 Å². The number of carbonyl (C=O) groups is 1. The van der Waals surface area contributed by atoms with Crippen LogP contribution >= 0.6 is 0 Å². The number of rotatable bonds is 5. The van der Waals surface area contributed by atoms with Crippen molar-refractivity contribution in [1.29, 1.82) is 0 Å². The van der Waals surface area contributed by atoms with Crippen LogP contribution in [0, 0.1) is 5.82 Å². The van der Waals surface area contributed by atoms with Crippen molar-refractivity contribution in [2.75, 3.05) is 18.2 Å². The molecule has 2 rings (SSSR count). The molecular weight excluding hydrogens is 293 g/mol. The first-order valence-corrected chi connectivity index (χ1v) is 7.49. The van der Waals surface area contributed by atoms with E-state index >= 15 is 0 Å². The normalized spacial score (nSPS) is 11.7. The van der Waals surface area contributed by atoms with Crippen molar-refractivity contribution in [3.05, 3.63) is 54.3 Å². The largest absolute Gasteiger partial charge is 0.495 e. The predicted octanol–water partition coefficient (Wildman–Crippen LogP) is 2.58. The fourth-order valence-corrected chi connectivity index (χ4v) is 2.74. The van der Waals surface area contributed by atoms with E-state index in [2.05, 4.69) is 5.32 Å². The summed E-state index contributed by atoms with van der Waals surface area (Å²) in [6, 6.07) is 12.6. The van der Waals surface area contributed by atoms with E-state index in [1.54, 1.807) is 30.3 Å². The van der Waals surface area contributed by atoms with Crippen LogP contribution in [0.25, 0.3) is 0 Å². The molecule has 0 aliphatic heterocycles. The lowest BCUT2D eigenvalue weighted by atomic mass is 10.3. The van der Waals surface area contributed by atoms with E-state index in [-0.39, 0.29) is 10.6 Å². The van der Waals surface area contributed by atoms with Crippen LogP contribution in [0.3, 0.4) is 0 Å². The van der Waals surface area contributed by atoms with Gasteiger partial charge in [0.25, 0.3) is 0 Å². The molecule has 0 heterocycles. The van der Waals surface area contributed by atoms with Gasteiger partial charge in [-0.25, -0.2) is 4.39 Å². The maximum Gasteiger partial charge on any atom is 0.237 e. The Kier molecular flexibility index (Phi) is 5.05. The van der Waals surface area contributed by atoms with Gasteiger partial charge in [-0.05, 0) is 24.3 Å². The zero-order valence-electron chi connectivity index (χ0n) is 11.3. The first kappa shape index (κ1) is 15.2. The van der Waals surface area contributed by atoms with Crippen molar-refractivity contribution in [3.63, 3.8) is 0 Å². The molecule has 1 N–H and O–H groups in total. The topological polar surface area (TPSA) is 55.4 Å². The van der Waals surface area contributed by atoms with Gasteiger partial charge in [-0.15, -0.1) is 0 Å². The molecule has 0 spiro atoms. The standard InChI is InChI=1S/C15H14FNO3S/c1-20-13-8-4-3-7-12(13)17-15(18)10-21(19)14-9-5-2-6-11(14)16/h2-9H,10H2,1H3,(H,17,18). The van der Waals surface area contributed by atoms with Crippen LogP contribution in [0.2, 0.25) is 0 Å². The average molecular weight is 307 g/mol. The monoisotopic (exact) mass is 307 g/mol. The minimum Gasteiger partial charge on any atom is -0.495 e. The van der Waals surface area contributed by atoms with Gasteiger partial charge >= 0.3 is 0 Å². The third kappa shape index (κ3) is 3.88. The summed E-state index contributed by atoms with van der Waals surface area (Å²) in [6.07, 6.45) is 0. The number of halogens is 1. The van der Waals surface area contributed by atoms with Crippen molar-refractivity contribution in [2.24, 2.45) is 0 Å². The lowest BCUT2D eigenvalue weighted by Crippen LogP contribution is -2.20. The first-order valence-electron chi connectivity index (χ1n) is 6.17. The molecule has 1 atom stereocenters. The van der Waals surface area contributed by atoms with Crippen LogP contribution in [0.4, 0.5) is 10.1 Å². The lowest BCUT2D eigenvalue weighted by molar-refractivity contribution is -0.113. The summed E-state index contributed by atoms with van der Waals surface area (Å²) in [6.45, 7) is 0. The van der Waals surface area contributed by atoms with E-state index in [0.717, 1.165) is 0 Å². The molecule has 0 aliphatic carbocycles. The highest BCUT2D eigenvalue weighted by Crippen LogP contribution is 2.23. The fourth-order valence-electron chi connectivity index (χ4n) is 1.76. The first-order chi connectivity index (χ1) is 10.1. The van der Waals surface area contributed by atoms with E-state index in [1.807, 2.05) is 0 Å². The number of hydrogen-bond acceptors (Lipinski definition) is 3. The molecule has 0 saturated carbocycles.